The van der Waals surface area contributed by atoms with Crippen LogP contribution < -0.4 is 11.5 Å². The summed E-state index contributed by atoms with van der Waals surface area (Å²) in [6.07, 6.45) is 14.1. The topological polar surface area (TPSA) is 217 Å². The van der Waals surface area contributed by atoms with Crippen LogP contribution in [-0.4, -0.2) is 78.0 Å². The molecule has 0 radical (unpaired) electrons. The van der Waals surface area contributed by atoms with Crippen LogP contribution in [0.2, 0.25) is 0 Å². The summed E-state index contributed by atoms with van der Waals surface area (Å²) in [5.74, 6) is 2.55. The van der Waals surface area contributed by atoms with E-state index in [9.17, 15) is 35.1 Å². The number of aliphatic hydroxyl groups is 4. The van der Waals surface area contributed by atoms with E-state index >= 15 is 4.79 Å². The highest BCUT2D eigenvalue weighted by atomic mass is 16.4. The van der Waals surface area contributed by atoms with Crippen molar-refractivity contribution in [3.8, 4) is 11.8 Å². The number of carboxylic acids is 1. The van der Waals surface area contributed by atoms with Crippen molar-refractivity contribution in [3.05, 3.63) is 88.6 Å². The second-order valence-electron chi connectivity index (χ2n) is 22.2. The summed E-state index contributed by atoms with van der Waals surface area (Å²) in [6, 6.07) is 9.88. The Morgan fingerprint density at radius 1 is 0.954 bits per heavy atom. The Labute approximate surface area is 381 Å². The molecule has 0 aliphatic heterocycles. The average Bonchev–Trinajstić information content (AvgIpc) is 3.40. The number of ketones is 2. The van der Waals surface area contributed by atoms with E-state index in [4.69, 9.17) is 16.5 Å². The molecule has 15 atom stereocenters. The number of hydrogen-bond donors (Lipinski definition) is 7. The van der Waals surface area contributed by atoms with Gasteiger partial charge in [0.2, 0.25) is 0 Å². The molecule has 9 aliphatic rings. The number of aliphatic hydroxyl groups excluding tert-OH is 2. The molecule has 0 saturated heterocycles. The number of Topliss-reactive ketones (excluding diaryl/α,β-unsaturated/α-hetero) is 2. The standard InChI is InChI=1S/C54H65N3O8/c1-31(58)29-34(45(62)63)33-19-24-51(57-46(55)56)26-25-50-30-52(64)27-28-53(65)37(18-17-32-13-7-5-8-14-32)43-47(2)21-11-6-12-22-54(52)44(53)40(48(43,3)23-20-38(47)59)42(61)36(49(50,54)4)16-10-9-15-35(50)39(51)41(33)60/h5,7-8,13-14,17-18,25-28,31,35-37,39,41,43,58,60,64-65H,9-10,12,15-16,19-24,29-30H2,1-4H3,(H,62,63)(H4,55,56,57). The van der Waals surface area contributed by atoms with Crippen LogP contribution in [0.25, 0.3) is 6.08 Å². The van der Waals surface area contributed by atoms with E-state index in [1.807, 2.05) is 55.5 Å². The number of benzene rings is 1. The van der Waals surface area contributed by atoms with Crippen LogP contribution in [0.3, 0.4) is 0 Å². The number of nitrogens with two attached hydrogens (primary N) is 2. The Morgan fingerprint density at radius 2 is 1.69 bits per heavy atom. The van der Waals surface area contributed by atoms with Gasteiger partial charge >= 0.3 is 5.97 Å². The molecule has 0 heterocycles. The van der Waals surface area contributed by atoms with Gasteiger partial charge in [0.05, 0.1) is 23.3 Å². The summed E-state index contributed by atoms with van der Waals surface area (Å²) >= 11 is 0. The van der Waals surface area contributed by atoms with E-state index in [1.54, 1.807) is 6.08 Å². The molecule has 11 heteroatoms. The highest BCUT2D eigenvalue weighted by Crippen LogP contribution is 2.86. The van der Waals surface area contributed by atoms with Gasteiger partial charge in [-0.2, -0.15) is 0 Å². The van der Waals surface area contributed by atoms with Crippen molar-refractivity contribution in [1.82, 2.24) is 0 Å². The summed E-state index contributed by atoms with van der Waals surface area (Å²) < 4.78 is 0. The Hall–Kier alpha value is -4.60. The Balaban J connectivity index is 1.29. The molecule has 15 unspecified atom stereocenters. The van der Waals surface area contributed by atoms with Gasteiger partial charge in [0.25, 0.3) is 0 Å². The van der Waals surface area contributed by atoms with E-state index in [2.05, 4.69) is 37.8 Å². The molecule has 1 aromatic carbocycles. The molecular formula is C54H65N3O8. The Morgan fingerprint density at radius 3 is 2.40 bits per heavy atom. The molecule has 4 saturated carbocycles. The SMILES string of the molecule is CC(O)CC(C(=O)O)=C1CCC2(N=C(N)N)C=CC34CC5(O)C=CC6(O)C7=C8C(=O)C(CCCCC3C2C1O)C4(C)C75CCC#CCC1(C)C(=O)CCC8(C)C1C6C=Cc1ccccc1. The van der Waals surface area contributed by atoms with Gasteiger partial charge < -0.3 is 37.0 Å². The number of carbonyl (C=O) groups is 3. The van der Waals surface area contributed by atoms with Gasteiger partial charge in [-0.25, -0.2) is 9.79 Å². The van der Waals surface area contributed by atoms with Gasteiger partial charge in [0, 0.05) is 76.2 Å². The lowest BCUT2D eigenvalue weighted by molar-refractivity contribution is -0.184. The predicted molar refractivity (Wildman–Crippen MR) is 246 cm³/mol. The van der Waals surface area contributed by atoms with Crippen LogP contribution in [0.5, 0.6) is 0 Å². The third-order valence-electron chi connectivity index (χ3n) is 19.5. The van der Waals surface area contributed by atoms with E-state index < -0.39 is 91.6 Å². The highest BCUT2D eigenvalue weighted by molar-refractivity contribution is 6.04. The minimum atomic E-state index is -1.79. The van der Waals surface area contributed by atoms with Gasteiger partial charge in [-0.1, -0.05) is 94.3 Å². The molecule has 344 valence electrons. The molecule has 10 rings (SSSR count). The summed E-state index contributed by atoms with van der Waals surface area (Å²) in [6.45, 7) is 7.83. The normalized spacial score (nSPS) is 46.8. The second kappa shape index (κ2) is 14.5. The number of hydrogen-bond acceptors (Lipinski definition) is 8. The third-order valence-corrected chi connectivity index (χ3v) is 19.5. The minimum Gasteiger partial charge on any atom is -0.478 e. The number of carbonyl (C=O) groups excluding carboxylic acids is 2. The number of allylic oxidation sites excluding steroid dienone is 2. The predicted octanol–water partition coefficient (Wildman–Crippen LogP) is 6.11. The number of carboxylic acid groups (broad SMARTS) is 1. The third kappa shape index (κ3) is 5.46. The van der Waals surface area contributed by atoms with Crippen LogP contribution in [0.1, 0.15) is 117 Å². The summed E-state index contributed by atoms with van der Waals surface area (Å²) in [7, 11) is 0. The van der Waals surface area contributed by atoms with Crippen molar-refractivity contribution < 1.29 is 39.9 Å². The maximum absolute atomic E-state index is 16.5. The average molecular weight is 884 g/mol. The van der Waals surface area contributed by atoms with Crippen LogP contribution in [-0.2, 0) is 14.4 Å². The largest absolute Gasteiger partial charge is 0.478 e. The highest BCUT2D eigenvalue weighted by Gasteiger charge is 2.86. The maximum Gasteiger partial charge on any atom is 0.331 e. The number of aliphatic carboxylic acids is 1. The zero-order chi connectivity index (χ0) is 46.3. The van der Waals surface area contributed by atoms with Crippen molar-refractivity contribution in [2.24, 2.45) is 73.1 Å². The van der Waals surface area contributed by atoms with E-state index in [-0.39, 0.29) is 55.2 Å². The fourth-order valence-corrected chi connectivity index (χ4v) is 17.2. The van der Waals surface area contributed by atoms with Gasteiger partial charge in [0.1, 0.15) is 11.4 Å². The molecule has 0 aromatic heterocycles. The number of rotatable bonds is 6. The lowest BCUT2D eigenvalue weighted by Crippen LogP contribution is -2.73. The molecule has 65 heavy (non-hydrogen) atoms. The smallest absolute Gasteiger partial charge is 0.331 e. The van der Waals surface area contributed by atoms with Crippen LogP contribution >= 0.6 is 0 Å². The van der Waals surface area contributed by atoms with E-state index in [0.717, 1.165) is 5.56 Å². The van der Waals surface area contributed by atoms with Crippen LogP contribution in [0.4, 0.5) is 0 Å². The van der Waals surface area contributed by atoms with Crippen LogP contribution in [0.15, 0.2) is 88.0 Å². The quantitative estimate of drug-likeness (QED) is 0.0572. The Bertz CT molecular complexity index is 2520. The maximum atomic E-state index is 16.5. The molecule has 1 aromatic rings. The Kier molecular flexibility index (Phi) is 9.84. The first kappa shape index (κ1) is 44.2. The van der Waals surface area contributed by atoms with Crippen molar-refractivity contribution in [1.29, 1.82) is 0 Å². The van der Waals surface area contributed by atoms with Crippen molar-refractivity contribution in [2.75, 3.05) is 0 Å². The van der Waals surface area contributed by atoms with Crippen LogP contribution in [0, 0.1) is 68.5 Å². The van der Waals surface area contributed by atoms with Gasteiger partial charge in [-0.15, -0.1) is 11.8 Å². The first-order valence-electron chi connectivity index (χ1n) is 24.0. The molecule has 4 fully saturated rings. The molecule has 4 bridgehead atoms. The zero-order valence-electron chi connectivity index (χ0n) is 38.1. The summed E-state index contributed by atoms with van der Waals surface area (Å²) in [5.41, 5.74) is 5.12. The van der Waals surface area contributed by atoms with Crippen molar-refractivity contribution in [3.63, 3.8) is 0 Å². The summed E-state index contributed by atoms with van der Waals surface area (Å²) in [4.78, 5) is 48.9. The lowest BCUT2D eigenvalue weighted by Gasteiger charge is -2.71. The van der Waals surface area contributed by atoms with Gasteiger partial charge in [0.15, 0.2) is 11.7 Å². The first-order chi connectivity index (χ1) is 30.7. The minimum absolute atomic E-state index is 0.0307. The molecule has 9 N–H and O–H groups in total. The fraction of sp³-hybridized carbons (Fsp3) is 0.593. The zero-order valence-corrected chi connectivity index (χ0v) is 38.1. The molecular weight excluding hydrogens is 819 g/mol. The van der Waals surface area contributed by atoms with Crippen molar-refractivity contribution >= 4 is 29.6 Å². The number of guanidine groups is 1. The lowest BCUT2D eigenvalue weighted by atomic mass is 9.31. The molecule has 9 aliphatic carbocycles. The van der Waals surface area contributed by atoms with E-state index in [0.29, 0.717) is 68.1 Å². The van der Waals surface area contributed by atoms with Gasteiger partial charge in [-0.3, -0.25) is 9.59 Å². The molecule has 11 nitrogen and oxygen atoms in total. The number of nitrogens with zero attached hydrogens (tertiary/aromatic N) is 1. The van der Waals surface area contributed by atoms with E-state index in [1.165, 1.54) is 6.92 Å². The fourth-order valence-electron chi connectivity index (χ4n) is 17.2. The summed E-state index contributed by atoms with van der Waals surface area (Å²) in [5, 5.41) is 62.4. The number of fused-ring (bicyclic) bond motifs is 3. The molecule has 2 spiro atoms. The molecule has 0 amide bonds. The van der Waals surface area contributed by atoms with Gasteiger partial charge in [-0.05, 0) is 91.9 Å². The van der Waals surface area contributed by atoms with Crippen molar-refractivity contribution in [2.45, 2.75) is 140 Å². The monoisotopic (exact) mass is 883 g/mol. The number of aliphatic imine (C=N–C) groups is 1. The first-order valence-corrected chi connectivity index (χ1v) is 24.0. The second-order valence-corrected chi connectivity index (χ2v) is 22.2.